The van der Waals surface area contributed by atoms with Gasteiger partial charge >= 0.3 is 0 Å². The van der Waals surface area contributed by atoms with Gasteiger partial charge in [-0.3, -0.25) is 0 Å². The second-order valence-corrected chi connectivity index (χ2v) is 12.5. The molecular weight excluding hydrogens is 476 g/mol. The second-order valence-electron chi connectivity index (χ2n) is 12.5. The van der Waals surface area contributed by atoms with E-state index in [9.17, 15) is 0 Å². The van der Waals surface area contributed by atoms with Gasteiger partial charge in [-0.15, -0.1) is 0 Å². The van der Waals surface area contributed by atoms with Crippen LogP contribution >= 0.6 is 0 Å². The Labute approximate surface area is 240 Å². The molecule has 1 unspecified atom stereocenters. The molecule has 0 amide bonds. The number of rotatable bonds is 18. The van der Waals surface area contributed by atoms with Crippen LogP contribution < -0.4 is 16.0 Å². The Morgan fingerprint density at radius 3 is 2.03 bits per heavy atom. The standard InChI is InChI=1S/C35H56N4/c1-15-17-29(9)39(16-2)35(13,14)34(11,12)23-27(7)38-33(26(5)6)30(10)36-24-28(8)37-32-20-18-31(19-21-32)22-25(3)4/h15-21,25-26,33,36-38H,2,7-10,22-24H2,1,3-6,11-14H3/b17-15-. The molecule has 39 heavy (non-hydrogen) atoms. The monoisotopic (exact) mass is 532 g/mol. The molecule has 0 aromatic heterocycles. The highest BCUT2D eigenvalue weighted by atomic mass is 15.2. The first-order chi connectivity index (χ1) is 18.0. The predicted molar refractivity (Wildman–Crippen MR) is 174 cm³/mol. The van der Waals surface area contributed by atoms with E-state index in [4.69, 9.17) is 0 Å². The highest BCUT2D eigenvalue weighted by molar-refractivity contribution is 5.49. The van der Waals surface area contributed by atoms with Crippen molar-refractivity contribution >= 4 is 5.69 Å². The lowest BCUT2D eigenvalue weighted by Crippen LogP contribution is -2.51. The lowest BCUT2D eigenvalue weighted by Gasteiger charge is -2.50. The van der Waals surface area contributed by atoms with Crippen molar-refractivity contribution in [3.63, 3.8) is 0 Å². The van der Waals surface area contributed by atoms with Crippen molar-refractivity contribution in [2.45, 2.75) is 86.7 Å². The van der Waals surface area contributed by atoms with Gasteiger partial charge in [0.1, 0.15) is 0 Å². The average Bonchev–Trinajstić information content (AvgIpc) is 2.81. The second kappa shape index (κ2) is 14.9. The first kappa shape index (κ1) is 33.9. The summed E-state index contributed by atoms with van der Waals surface area (Å²) >= 11 is 0. The highest BCUT2D eigenvalue weighted by Gasteiger charge is 2.41. The Hall–Kier alpha value is -3.14. The van der Waals surface area contributed by atoms with Crippen molar-refractivity contribution in [3.05, 3.63) is 104 Å². The number of nitrogens with zero attached hydrogens (tertiary/aromatic N) is 1. The van der Waals surface area contributed by atoms with E-state index in [1.54, 1.807) is 0 Å². The molecule has 0 saturated heterocycles. The summed E-state index contributed by atoms with van der Waals surface area (Å²) in [5, 5.41) is 10.5. The molecule has 1 atom stereocenters. The van der Waals surface area contributed by atoms with E-state index in [0.717, 1.165) is 41.3 Å². The maximum absolute atomic E-state index is 4.41. The maximum atomic E-state index is 4.41. The van der Waals surface area contributed by atoms with Crippen molar-refractivity contribution in [1.29, 1.82) is 0 Å². The summed E-state index contributed by atoms with van der Waals surface area (Å²) in [6.45, 7) is 41.7. The zero-order valence-corrected chi connectivity index (χ0v) is 26.4. The lowest BCUT2D eigenvalue weighted by molar-refractivity contribution is 0.0731. The molecule has 0 saturated carbocycles. The van der Waals surface area contributed by atoms with Crippen LogP contribution in [0, 0.1) is 17.3 Å². The smallest absolute Gasteiger partial charge is 0.0673 e. The van der Waals surface area contributed by atoms with Crippen molar-refractivity contribution in [1.82, 2.24) is 15.5 Å². The van der Waals surface area contributed by atoms with E-state index >= 15 is 0 Å². The van der Waals surface area contributed by atoms with Crippen molar-refractivity contribution < 1.29 is 0 Å². The fourth-order valence-electron chi connectivity index (χ4n) is 4.75. The molecule has 0 aliphatic heterocycles. The largest absolute Gasteiger partial charge is 0.382 e. The van der Waals surface area contributed by atoms with E-state index < -0.39 is 0 Å². The summed E-state index contributed by atoms with van der Waals surface area (Å²) in [5.74, 6) is 0.974. The van der Waals surface area contributed by atoms with Crippen LogP contribution in [0.15, 0.2) is 98.3 Å². The van der Waals surface area contributed by atoms with Crippen molar-refractivity contribution in [3.8, 4) is 0 Å². The van der Waals surface area contributed by atoms with Crippen LogP contribution in [-0.4, -0.2) is 23.0 Å². The van der Waals surface area contributed by atoms with Crippen molar-refractivity contribution in [2.24, 2.45) is 17.3 Å². The van der Waals surface area contributed by atoms with Gasteiger partial charge in [0.15, 0.2) is 0 Å². The van der Waals surface area contributed by atoms with Gasteiger partial charge in [-0.1, -0.05) is 92.6 Å². The quantitative estimate of drug-likeness (QED) is 0.165. The molecule has 0 aliphatic carbocycles. The summed E-state index contributed by atoms with van der Waals surface area (Å²) in [6.07, 6.45) is 7.75. The van der Waals surface area contributed by atoms with Crippen LogP contribution in [-0.2, 0) is 6.42 Å². The van der Waals surface area contributed by atoms with Crippen LogP contribution in [0.2, 0.25) is 0 Å². The molecule has 0 bridgehead atoms. The minimum absolute atomic E-state index is 0.0352. The number of nitrogens with one attached hydrogen (secondary N) is 3. The van der Waals surface area contributed by atoms with Crippen LogP contribution in [0.1, 0.15) is 74.3 Å². The Kier molecular flexibility index (Phi) is 12.9. The zero-order chi connectivity index (χ0) is 30.0. The SMILES string of the molecule is C=CN(C(=C)/C=C\C)C(C)(C)C(C)(C)CC(=C)NC(C(=C)NCC(=C)Nc1ccc(CC(C)C)cc1)C(C)C. The minimum Gasteiger partial charge on any atom is -0.382 e. The van der Waals surface area contributed by atoms with Crippen LogP contribution in [0.5, 0.6) is 0 Å². The third kappa shape index (κ3) is 10.2. The molecule has 0 heterocycles. The van der Waals surface area contributed by atoms with Gasteiger partial charge in [0.2, 0.25) is 0 Å². The van der Waals surface area contributed by atoms with Gasteiger partial charge < -0.3 is 20.9 Å². The molecule has 3 N–H and O–H groups in total. The Bertz CT molecular complexity index is 1020. The van der Waals surface area contributed by atoms with Crippen molar-refractivity contribution in [2.75, 3.05) is 11.9 Å². The summed E-state index contributed by atoms with van der Waals surface area (Å²) < 4.78 is 0. The van der Waals surface area contributed by atoms with Gasteiger partial charge in [0, 0.05) is 34.0 Å². The molecular formula is C35H56N4. The first-order valence-electron chi connectivity index (χ1n) is 14.2. The van der Waals surface area contributed by atoms with Crippen LogP contribution in [0.3, 0.4) is 0 Å². The molecule has 216 valence electrons. The third-order valence-corrected chi connectivity index (χ3v) is 7.61. The first-order valence-corrected chi connectivity index (χ1v) is 14.2. The van der Waals surface area contributed by atoms with Gasteiger partial charge in [-0.05, 0) is 80.8 Å². The van der Waals surface area contributed by atoms with Gasteiger partial charge in [0.25, 0.3) is 0 Å². The minimum atomic E-state index is -0.241. The molecule has 1 aromatic carbocycles. The fourth-order valence-corrected chi connectivity index (χ4v) is 4.75. The van der Waals surface area contributed by atoms with E-state index in [-0.39, 0.29) is 17.0 Å². The Morgan fingerprint density at radius 2 is 1.54 bits per heavy atom. The van der Waals surface area contributed by atoms with E-state index in [1.807, 2.05) is 25.3 Å². The summed E-state index contributed by atoms with van der Waals surface area (Å²) in [7, 11) is 0. The normalized spacial score (nSPS) is 12.8. The number of benzene rings is 1. The Balaban J connectivity index is 2.79. The third-order valence-electron chi connectivity index (χ3n) is 7.61. The molecule has 4 heteroatoms. The van der Waals surface area contributed by atoms with E-state index in [1.165, 1.54) is 5.56 Å². The molecule has 0 radical (unpaired) electrons. The maximum Gasteiger partial charge on any atom is 0.0673 e. The molecule has 1 rings (SSSR count). The summed E-state index contributed by atoms with van der Waals surface area (Å²) in [4.78, 5) is 2.15. The number of allylic oxidation sites excluding steroid dienone is 3. The summed E-state index contributed by atoms with van der Waals surface area (Å²) in [6, 6.07) is 8.63. The molecule has 4 nitrogen and oxygen atoms in total. The number of anilines is 1. The van der Waals surface area contributed by atoms with Crippen LogP contribution in [0.4, 0.5) is 5.69 Å². The van der Waals surface area contributed by atoms with Gasteiger partial charge in [-0.2, -0.15) is 0 Å². The van der Waals surface area contributed by atoms with Crippen LogP contribution in [0.25, 0.3) is 0 Å². The van der Waals surface area contributed by atoms with Gasteiger partial charge in [0.05, 0.1) is 12.6 Å². The number of hydrogen-bond donors (Lipinski definition) is 3. The lowest BCUT2D eigenvalue weighted by atomic mass is 9.70. The zero-order valence-electron chi connectivity index (χ0n) is 26.4. The summed E-state index contributed by atoms with van der Waals surface area (Å²) in [5.41, 5.74) is 5.74. The highest BCUT2D eigenvalue weighted by Crippen LogP contribution is 2.42. The van der Waals surface area contributed by atoms with E-state index in [0.29, 0.717) is 18.4 Å². The fraction of sp³-hybridized carbons (Fsp3) is 0.486. The molecule has 1 aromatic rings. The van der Waals surface area contributed by atoms with E-state index in [2.05, 4.69) is 133 Å². The Morgan fingerprint density at radius 1 is 0.949 bits per heavy atom. The van der Waals surface area contributed by atoms with Gasteiger partial charge in [-0.25, -0.2) is 0 Å². The average molecular weight is 533 g/mol. The molecule has 0 spiro atoms. The molecule has 0 aliphatic rings. The number of hydrogen-bond acceptors (Lipinski definition) is 4. The predicted octanol–water partition coefficient (Wildman–Crippen LogP) is 8.77. The topological polar surface area (TPSA) is 39.3 Å². The molecule has 0 fully saturated rings.